The number of hydrogen-bond donors (Lipinski definition) is 4. The number of aromatic amines is 1. The van der Waals surface area contributed by atoms with Crippen LogP contribution in [-0.4, -0.2) is 17.1 Å². The van der Waals surface area contributed by atoms with Crippen molar-refractivity contribution in [3.8, 4) is 0 Å². The fourth-order valence-corrected chi connectivity index (χ4v) is 2.03. The van der Waals surface area contributed by atoms with Crippen LogP contribution in [0.25, 0.3) is 5.57 Å². The van der Waals surface area contributed by atoms with Gasteiger partial charge >= 0.3 is 0 Å². The molecule has 0 aliphatic rings. The molecule has 5 N–H and O–H groups in total. The number of aromatic nitrogens is 1. The number of pyridine rings is 1. The predicted octanol–water partition coefficient (Wildman–Crippen LogP) is 1.56. The number of nitrogens with two attached hydrogens (primary N) is 1. The van der Waals surface area contributed by atoms with Gasteiger partial charge in [-0.3, -0.25) is 9.59 Å². The Morgan fingerprint density at radius 2 is 2.04 bits per heavy atom. The van der Waals surface area contributed by atoms with Gasteiger partial charge in [0.1, 0.15) is 5.69 Å². The van der Waals surface area contributed by atoms with Crippen LogP contribution < -0.4 is 16.5 Å². The largest absolute Gasteiger partial charge is 0.404 e. The van der Waals surface area contributed by atoms with E-state index in [0.717, 1.165) is 17.3 Å². The Balaban J connectivity index is 2.11. The van der Waals surface area contributed by atoms with Gasteiger partial charge in [-0.05, 0) is 12.5 Å². The average molecular weight is 310 g/mol. The highest BCUT2D eigenvalue weighted by Crippen LogP contribution is 2.06. The molecule has 2 aromatic rings. The third-order valence-corrected chi connectivity index (χ3v) is 3.38. The van der Waals surface area contributed by atoms with Crippen molar-refractivity contribution in [1.29, 1.82) is 5.41 Å². The quantitative estimate of drug-likeness (QED) is 0.629. The summed E-state index contributed by atoms with van der Waals surface area (Å²) >= 11 is 0. The van der Waals surface area contributed by atoms with E-state index in [-0.39, 0.29) is 28.2 Å². The zero-order chi connectivity index (χ0) is 16.8. The number of nitrogens with one attached hydrogen (secondary N) is 3. The van der Waals surface area contributed by atoms with Gasteiger partial charge in [0.05, 0.1) is 0 Å². The summed E-state index contributed by atoms with van der Waals surface area (Å²) < 4.78 is 0. The van der Waals surface area contributed by atoms with E-state index in [4.69, 9.17) is 11.1 Å². The molecule has 1 aromatic heterocycles. The van der Waals surface area contributed by atoms with Crippen molar-refractivity contribution in [3.05, 3.63) is 75.3 Å². The molecule has 0 fully saturated rings. The number of rotatable bonds is 5. The van der Waals surface area contributed by atoms with E-state index in [1.165, 1.54) is 18.5 Å². The average Bonchev–Trinajstić information content (AvgIpc) is 2.56. The Morgan fingerprint density at radius 1 is 1.35 bits per heavy atom. The Labute approximate surface area is 133 Å². The number of hydrogen-bond acceptors (Lipinski definition) is 4. The van der Waals surface area contributed by atoms with Crippen LogP contribution in [0.15, 0.2) is 47.5 Å². The molecule has 0 atom stereocenters. The van der Waals surface area contributed by atoms with Crippen molar-refractivity contribution in [3.63, 3.8) is 0 Å². The Morgan fingerprint density at radius 3 is 2.61 bits per heavy atom. The van der Waals surface area contributed by atoms with Crippen molar-refractivity contribution in [1.82, 2.24) is 10.3 Å². The van der Waals surface area contributed by atoms with E-state index in [1.54, 1.807) is 0 Å². The maximum absolute atomic E-state index is 12.1. The normalized spacial score (nSPS) is 11.1. The Hall–Kier alpha value is -3.15. The number of allylic oxidation sites excluding steroid dienone is 1. The lowest BCUT2D eigenvalue weighted by atomic mass is 10.1. The van der Waals surface area contributed by atoms with Crippen molar-refractivity contribution >= 4 is 17.7 Å². The molecule has 6 heteroatoms. The summed E-state index contributed by atoms with van der Waals surface area (Å²) in [5.74, 6) is -0.373. The minimum atomic E-state index is -0.373. The lowest BCUT2D eigenvalue weighted by Crippen LogP contribution is -2.25. The Bertz CT molecular complexity index is 804. The molecule has 0 spiro atoms. The molecule has 0 aliphatic heterocycles. The van der Waals surface area contributed by atoms with Gasteiger partial charge < -0.3 is 21.4 Å². The summed E-state index contributed by atoms with van der Waals surface area (Å²) in [5, 5.41) is 9.95. The molecule has 1 heterocycles. The third-order valence-electron chi connectivity index (χ3n) is 3.38. The maximum atomic E-state index is 12.1. The monoisotopic (exact) mass is 310 g/mol. The van der Waals surface area contributed by atoms with Crippen molar-refractivity contribution < 1.29 is 4.79 Å². The molecule has 118 valence electrons. The number of H-pyrrole nitrogens is 1. The minimum Gasteiger partial charge on any atom is -0.404 e. The molecular weight excluding hydrogens is 292 g/mol. The van der Waals surface area contributed by atoms with Crippen LogP contribution in [0.3, 0.4) is 0 Å². The second kappa shape index (κ2) is 7.22. The van der Waals surface area contributed by atoms with Gasteiger partial charge in [-0.2, -0.15) is 0 Å². The molecule has 1 amide bonds. The smallest absolute Gasteiger partial charge is 0.268 e. The van der Waals surface area contributed by atoms with Gasteiger partial charge in [0.2, 0.25) is 0 Å². The first-order valence-corrected chi connectivity index (χ1v) is 7.04. The van der Waals surface area contributed by atoms with Gasteiger partial charge in [0.15, 0.2) is 5.43 Å². The molecule has 0 saturated heterocycles. The Kier molecular flexibility index (Phi) is 5.09. The highest BCUT2D eigenvalue weighted by molar-refractivity contribution is 6.08. The first-order chi connectivity index (χ1) is 11.0. The van der Waals surface area contributed by atoms with E-state index in [0.29, 0.717) is 6.54 Å². The van der Waals surface area contributed by atoms with Crippen LogP contribution in [0.2, 0.25) is 0 Å². The number of aryl methyl sites for hydroxylation is 1. The van der Waals surface area contributed by atoms with Crippen LogP contribution in [0, 0.1) is 12.3 Å². The lowest BCUT2D eigenvalue weighted by Gasteiger charge is -2.07. The van der Waals surface area contributed by atoms with Gasteiger partial charge in [0.25, 0.3) is 5.91 Å². The highest BCUT2D eigenvalue weighted by atomic mass is 16.2. The molecule has 0 unspecified atom stereocenters. The standard InChI is InChI=1S/C17H18N4O2/c1-11-2-4-12(5-3-11)9-21-17(23)15-6-16(22)14(10-20-15)13(7-18)8-19/h2-8,10,18H,9,19H2,1H3,(H,20,22)(H,21,23)/b13-8+,18-7?. The summed E-state index contributed by atoms with van der Waals surface area (Å²) in [6.45, 7) is 2.37. The van der Waals surface area contributed by atoms with Crippen LogP contribution >= 0.6 is 0 Å². The fraction of sp³-hybridized carbons (Fsp3) is 0.118. The topological polar surface area (TPSA) is 112 Å². The van der Waals surface area contributed by atoms with E-state index >= 15 is 0 Å². The molecule has 0 saturated carbocycles. The summed E-state index contributed by atoms with van der Waals surface area (Å²) in [6.07, 6.45) is 3.54. The lowest BCUT2D eigenvalue weighted by molar-refractivity contribution is 0.0946. The van der Waals surface area contributed by atoms with Crippen LogP contribution in [0.1, 0.15) is 27.2 Å². The fourth-order valence-electron chi connectivity index (χ4n) is 2.03. The zero-order valence-electron chi connectivity index (χ0n) is 12.7. The first-order valence-electron chi connectivity index (χ1n) is 7.04. The minimum absolute atomic E-state index is 0.159. The maximum Gasteiger partial charge on any atom is 0.268 e. The highest BCUT2D eigenvalue weighted by Gasteiger charge is 2.10. The van der Waals surface area contributed by atoms with E-state index in [9.17, 15) is 9.59 Å². The first kappa shape index (κ1) is 16.2. The number of carbonyl (C=O) groups excluding carboxylic acids is 1. The summed E-state index contributed by atoms with van der Waals surface area (Å²) in [7, 11) is 0. The van der Waals surface area contributed by atoms with Crippen molar-refractivity contribution in [2.24, 2.45) is 5.73 Å². The predicted molar refractivity (Wildman–Crippen MR) is 90.4 cm³/mol. The SMILES string of the molecule is Cc1ccc(CNC(=O)c2cc(=O)c(/C(C=N)=C/N)c[nH]2)cc1. The third kappa shape index (κ3) is 3.94. The molecule has 23 heavy (non-hydrogen) atoms. The summed E-state index contributed by atoms with van der Waals surface area (Å²) in [4.78, 5) is 26.9. The molecule has 6 nitrogen and oxygen atoms in total. The van der Waals surface area contributed by atoms with Crippen LogP contribution in [0.4, 0.5) is 0 Å². The van der Waals surface area contributed by atoms with E-state index < -0.39 is 0 Å². The number of amides is 1. The van der Waals surface area contributed by atoms with E-state index in [2.05, 4.69) is 10.3 Å². The molecule has 2 rings (SSSR count). The van der Waals surface area contributed by atoms with E-state index in [1.807, 2.05) is 31.2 Å². The second-order valence-electron chi connectivity index (χ2n) is 5.06. The van der Waals surface area contributed by atoms with Gasteiger partial charge in [-0.25, -0.2) is 0 Å². The number of carbonyl (C=O) groups is 1. The summed E-state index contributed by atoms with van der Waals surface area (Å²) in [5.41, 5.74) is 7.81. The zero-order valence-corrected chi connectivity index (χ0v) is 12.7. The second-order valence-corrected chi connectivity index (χ2v) is 5.06. The molecular formula is C17H18N4O2. The van der Waals surface area contributed by atoms with Crippen LogP contribution in [-0.2, 0) is 6.54 Å². The van der Waals surface area contributed by atoms with Gasteiger partial charge in [-0.1, -0.05) is 29.8 Å². The number of benzene rings is 1. The van der Waals surface area contributed by atoms with Crippen molar-refractivity contribution in [2.45, 2.75) is 13.5 Å². The molecule has 1 aromatic carbocycles. The van der Waals surface area contributed by atoms with Crippen molar-refractivity contribution in [2.75, 3.05) is 0 Å². The summed E-state index contributed by atoms with van der Waals surface area (Å²) in [6, 6.07) is 9.01. The van der Waals surface area contributed by atoms with Gasteiger partial charge in [0, 0.05) is 42.4 Å². The van der Waals surface area contributed by atoms with Gasteiger partial charge in [-0.15, -0.1) is 0 Å². The molecule has 0 radical (unpaired) electrons. The molecule has 0 aliphatic carbocycles. The molecule has 0 bridgehead atoms. The van der Waals surface area contributed by atoms with Crippen LogP contribution in [0.5, 0.6) is 0 Å².